The predicted octanol–water partition coefficient (Wildman–Crippen LogP) is 9.01. The molecule has 6 rings (SSSR count). The summed E-state index contributed by atoms with van der Waals surface area (Å²) in [7, 11) is 0. The highest BCUT2D eigenvalue weighted by Crippen LogP contribution is 2.56. The van der Waals surface area contributed by atoms with E-state index < -0.39 is 0 Å². The molecule has 0 spiro atoms. The molecule has 0 bridgehead atoms. The van der Waals surface area contributed by atoms with Gasteiger partial charge in [-0.05, 0) is 70.5 Å². The van der Waals surface area contributed by atoms with Crippen LogP contribution in [0, 0.1) is 0 Å². The van der Waals surface area contributed by atoms with Crippen LogP contribution < -0.4 is 4.74 Å². The summed E-state index contributed by atoms with van der Waals surface area (Å²) in [5, 5.41) is 4.91. The van der Waals surface area contributed by atoms with Crippen LogP contribution in [0.2, 0.25) is 0 Å². The number of benzene rings is 4. The fourth-order valence-electron chi connectivity index (χ4n) is 5.07. The van der Waals surface area contributed by atoms with Gasteiger partial charge in [-0.3, -0.25) is 0 Å². The van der Waals surface area contributed by atoms with Crippen molar-refractivity contribution in [1.29, 1.82) is 0 Å². The first-order valence-corrected chi connectivity index (χ1v) is 12.2. The van der Waals surface area contributed by atoms with Crippen LogP contribution in [-0.4, -0.2) is 0 Å². The lowest BCUT2D eigenvalue weighted by Crippen LogP contribution is -2.12. The molecule has 1 nitrogen and oxygen atoms in total. The molecular formula is C28H20Br2O. The van der Waals surface area contributed by atoms with E-state index in [0.717, 1.165) is 27.5 Å². The third-order valence-corrected chi connectivity index (χ3v) is 7.39. The minimum Gasteiger partial charge on any atom is -0.484 e. The van der Waals surface area contributed by atoms with Crippen molar-refractivity contribution >= 4 is 53.4 Å². The van der Waals surface area contributed by atoms with Gasteiger partial charge >= 0.3 is 0 Å². The molecule has 0 saturated heterocycles. The Balaban J connectivity index is 1.71. The quantitative estimate of drug-likeness (QED) is 0.234. The zero-order valence-electron chi connectivity index (χ0n) is 16.8. The van der Waals surface area contributed by atoms with E-state index in [1.807, 2.05) is 0 Å². The van der Waals surface area contributed by atoms with Crippen LogP contribution in [-0.2, 0) is 0 Å². The Kier molecular flexibility index (Phi) is 4.77. The Morgan fingerprint density at radius 2 is 1.45 bits per heavy atom. The van der Waals surface area contributed by atoms with E-state index in [-0.39, 0.29) is 12.0 Å². The molecule has 0 amide bonds. The van der Waals surface area contributed by atoms with Gasteiger partial charge in [-0.2, -0.15) is 0 Å². The van der Waals surface area contributed by atoms with Crippen LogP contribution in [0.5, 0.6) is 5.75 Å². The lowest BCUT2D eigenvalue weighted by Gasteiger charge is -2.23. The van der Waals surface area contributed by atoms with E-state index in [1.54, 1.807) is 0 Å². The van der Waals surface area contributed by atoms with Crippen molar-refractivity contribution in [2.45, 2.75) is 24.9 Å². The molecule has 152 valence electrons. The van der Waals surface area contributed by atoms with Gasteiger partial charge in [0.05, 0.1) is 5.92 Å². The number of allylic oxidation sites excluding steroid dienone is 3. The Morgan fingerprint density at radius 1 is 0.742 bits per heavy atom. The van der Waals surface area contributed by atoms with Crippen LogP contribution in [0.15, 0.2) is 99.5 Å². The highest BCUT2D eigenvalue weighted by molar-refractivity contribution is 9.10. The van der Waals surface area contributed by atoms with E-state index in [2.05, 4.69) is 117 Å². The maximum absolute atomic E-state index is 6.85. The summed E-state index contributed by atoms with van der Waals surface area (Å²) in [5.74, 6) is 1.20. The Hall–Kier alpha value is -2.36. The molecular weight excluding hydrogens is 512 g/mol. The largest absolute Gasteiger partial charge is 0.484 e. The van der Waals surface area contributed by atoms with E-state index in [4.69, 9.17) is 4.74 Å². The third kappa shape index (κ3) is 3.18. The minimum atomic E-state index is -0.0358. The molecule has 31 heavy (non-hydrogen) atoms. The molecule has 4 aromatic carbocycles. The van der Waals surface area contributed by atoms with Crippen LogP contribution in [0.25, 0.3) is 21.5 Å². The third-order valence-electron chi connectivity index (χ3n) is 6.40. The van der Waals surface area contributed by atoms with Crippen molar-refractivity contribution in [3.8, 4) is 5.75 Å². The molecule has 1 heterocycles. The minimum absolute atomic E-state index is 0.0358. The van der Waals surface area contributed by atoms with Gasteiger partial charge in [-0.25, -0.2) is 0 Å². The van der Waals surface area contributed by atoms with Gasteiger partial charge in [0.15, 0.2) is 0 Å². The number of hydrogen-bond donors (Lipinski definition) is 0. The Bertz CT molecular complexity index is 1390. The zero-order chi connectivity index (χ0) is 20.9. The smallest absolute Gasteiger partial charge is 0.135 e. The second-order valence-electron chi connectivity index (χ2n) is 8.23. The molecule has 0 N–H and O–H groups in total. The van der Waals surface area contributed by atoms with E-state index in [9.17, 15) is 0 Å². The second-order valence-corrected chi connectivity index (χ2v) is 10.1. The molecule has 1 aliphatic carbocycles. The van der Waals surface area contributed by atoms with E-state index >= 15 is 0 Å². The molecule has 2 aliphatic rings. The maximum atomic E-state index is 6.85. The first-order chi connectivity index (χ1) is 15.2. The molecule has 1 aliphatic heterocycles. The molecule has 0 fully saturated rings. The average molecular weight is 532 g/mol. The van der Waals surface area contributed by atoms with Gasteiger partial charge in [-0.15, -0.1) is 0 Å². The van der Waals surface area contributed by atoms with Crippen molar-refractivity contribution in [3.05, 3.63) is 111 Å². The molecule has 2 unspecified atom stereocenters. The Labute approximate surface area is 198 Å². The molecule has 2 atom stereocenters. The summed E-state index contributed by atoms with van der Waals surface area (Å²) >= 11 is 7.36. The fraction of sp³-hybridized carbons (Fsp3) is 0.143. The summed E-state index contributed by atoms with van der Waals surface area (Å²) in [6.45, 7) is 0. The average Bonchev–Trinajstić information content (AvgIpc) is 3.21. The lowest BCUT2D eigenvalue weighted by atomic mass is 9.80. The monoisotopic (exact) mass is 530 g/mol. The number of hydrogen-bond acceptors (Lipinski definition) is 1. The van der Waals surface area contributed by atoms with Crippen molar-refractivity contribution in [2.75, 3.05) is 0 Å². The van der Waals surface area contributed by atoms with Crippen LogP contribution >= 0.6 is 31.9 Å². The van der Waals surface area contributed by atoms with Gasteiger partial charge in [0.25, 0.3) is 0 Å². The van der Waals surface area contributed by atoms with E-state index in [1.165, 1.54) is 38.2 Å². The summed E-state index contributed by atoms with van der Waals surface area (Å²) in [4.78, 5) is 0. The lowest BCUT2D eigenvalue weighted by molar-refractivity contribution is 0.224. The molecule has 4 aromatic rings. The summed E-state index contributed by atoms with van der Waals surface area (Å²) in [5.41, 5.74) is 3.89. The normalized spacial score (nSPS) is 20.0. The number of ether oxygens (including phenoxy) is 1. The molecule has 0 radical (unpaired) electrons. The van der Waals surface area contributed by atoms with Gasteiger partial charge in [-0.1, -0.05) is 86.5 Å². The standard InChI is InChI=1S/C28H20Br2O/c29-19-11-13-21-23(15-19)24-16-20(30)12-14-22(24)28-26(21)25(17-7-3-1-4-8-17)27(31-28)18-9-5-2-6-10-18/h2-3,5-16,25,27H,1,4H2. The van der Waals surface area contributed by atoms with Gasteiger partial charge in [0.2, 0.25) is 0 Å². The number of halogens is 2. The van der Waals surface area contributed by atoms with E-state index in [0.29, 0.717) is 0 Å². The van der Waals surface area contributed by atoms with Crippen molar-refractivity contribution in [1.82, 2.24) is 0 Å². The summed E-state index contributed by atoms with van der Waals surface area (Å²) in [6, 6.07) is 23.8. The van der Waals surface area contributed by atoms with Gasteiger partial charge in [0, 0.05) is 19.9 Å². The zero-order valence-corrected chi connectivity index (χ0v) is 20.0. The summed E-state index contributed by atoms with van der Waals surface area (Å²) < 4.78 is 9.02. The number of rotatable bonds is 2. The second kappa shape index (κ2) is 7.65. The highest BCUT2D eigenvalue weighted by atomic mass is 79.9. The Morgan fingerprint density at radius 3 is 2.16 bits per heavy atom. The van der Waals surface area contributed by atoms with Crippen molar-refractivity contribution in [2.24, 2.45) is 0 Å². The predicted molar refractivity (Wildman–Crippen MR) is 136 cm³/mol. The highest BCUT2D eigenvalue weighted by Gasteiger charge is 2.40. The SMILES string of the molecule is Brc1ccc2c3c(c4ccc(Br)cc4c2c1)C(C1=CCCC=C1)C(c1ccccc1)O3. The topological polar surface area (TPSA) is 9.23 Å². The maximum Gasteiger partial charge on any atom is 0.135 e. The van der Waals surface area contributed by atoms with Crippen LogP contribution in [0.1, 0.15) is 36.0 Å². The number of fused-ring (bicyclic) bond motifs is 6. The van der Waals surface area contributed by atoms with Crippen LogP contribution in [0.3, 0.4) is 0 Å². The van der Waals surface area contributed by atoms with Crippen molar-refractivity contribution in [3.63, 3.8) is 0 Å². The van der Waals surface area contributed by atoms with Crippen molar-refractivity contribution < 1.29 is 4.74 Å². The van der Waals surface area contributed by atoms with Crippen LogP contribution in [0.4, 0.5) is 0 Å². The first kappa shape index (κ1) is 19.3. The van der Waals surface area contributed by atoms with Gasteiger partial charge < -0.3 is 4.74 Å². The van der Waals surface area contributed by atoms with Gasteiger partial charge in [0.1, 0.15) is 11.9 Å². The molecule has 0 saturated carbocycles. The fourth-order valence-corrected chi connectivity index (χ4v) is 5.79. The molecule has 0 aromatic heterocycles. The molecule has 3 heteroatoms. The summed E-state index contributed by atoms with van der Waals surface area (Å²) in [6.07, 6.45) is 9.16. The first-order valence-electron chi connectivity index (χ1n) is 10.6.